The Morgan fingerprint density at radius 1 is 1.32 bits per heavy atom. The number of hydrogen-bond donors (Lipinski definition) is 3. The molecule has 0 aromatic heterocycles. The molecule has 3 rings (SSSR count). The summed E-state index contributed by atoms with van der Waals surface area (Å²) in [4.78, 5) is 26.7. The molecule has 7 nitrogen and oxygen atoms in total. The Hall–Kier alpha value is -2.12. The molecule has 0 saturated carbocycles. The summed E-state index contributed by atoms with van der Waals surface area (Å²) in [6.45, 7) is 4.67. The summed E-state index contributed by atoms with van der Waals surface area (Å²) in [5.74, 6) is -0.126. The van der Waals surface area contributed by atoms with Gasteiger partial charge < -0.3 is 20.7 Å². The number of benzene rings is 1. The standard InChI is InChI=1S/C18H26N4O3/c1-3-20-17(24)22-11-6-13-4-5-14(12-15(13)22)21-16(23)18(25-2)7-9-19-10-8-18/h4-5,12,19H,3,6-11H2,1-2H3,(H,20,24)(H,21,23). The van der Waals surface area contributed by atoms with Crippen LogP contribution in [0.5, 0.6) is 0 Å². The summed E-state index contributed by atoms with van der Waals surface area (Å²) in [7, 11) is 1.59. The summed E-state index contributed by atoms with van der Waals surface area (Å²) < 4.78 is 5.57. The summed E-state index contributed by atoms with van der Waals surface area (Å²) >= 11 is 0. The average Bonchev–Trinajstić information content (AvgIpc) is 3.05. The SMILES string of the molecule is CCNC(=O)N1CCc2ccc(NC(=O)C3(OC)CCNCC3)cc21. The van der Waals surface area contributed by atoms with Gasteiger partial charge in [-0.1, -0.05) is 6.07 Å². The lowest BCUT2D eigenvalue weighted by molar-refractivity contribution is -0.140. The van der Waals surface area contributed by atoms with Crippen molar-refractivity contribution >= 4 is 23.3 Å². The molecule has 0 atom stereocenters. The van der Waals surface area contributed by atoms with Crippen LogP contribution in [-0.2, 0) is 16.0 Å². The van der Waals surface area contributed by atoms with Gasteiger partial charge in [0.2, 0.25) is 0 Å². The molecule has 136 valence electrons. The maximum absolute atomic E-state index is 12.8. The first-order chi connectivity index (χ1) is 12.1. The van der Waals surface area contributed by atoms with Crippen LogP contribution in [0.1, 0.15) is 25.3 Å². The largest absolute Gasteiger partial charge is 0.368 e. The number of piperidine rings is 1. The lowest BCUT2D eigenvalue weighted by Gasteiger charge is -2.34. The molecule has 2 heterocycles. The summed E-state index contributed by atoms with van der Waals surface area (Å²) in [6.07, 6.45) is 2.12. The van der Waals surface area contributed by atoms with Crippen LogP contribution in [0, 0.1) is 0 Å². The molecule has 1 aromatic rings. The van der Waals surface area contributed by atoms with E-state index in [1.807, 2.05) is 25.1 Å². The zero-order chi connectivity index (χ0) is 17.9. The second-order valence-corrected chi connectivity index (χ2v) is 6.48. The number of carbonyl (C=O) groups is 2. The van der Waals surface area contributed by atoms with Gasteiger partial charge in [0.25, 0.3) is 5.91 Å². The third kappa shape index (κ3) is 3.48. The molecule has 0 bridgehead atoms. The highest BCUT2D eigenvalue weighted by Crippen LogP contribution is 2.32. The van der Waals surface area contributed by atoms with Crippen molar-refractivity contribution in [1.29, 1.82) is 0 Å². The van der Waals surface area contributed by atoms with Crippen LogP contribution < -0.4 is 20.9 Å². The van der Waals surface area contributed by atoms with E-state index in [4.69, 9.17) is 4.74 Å². The molecule has 0 unspecified atom stereocenters. The van der Waals surface area contributed by atoms with Gasteiger partial charge in [0.15, 0.2) is 0 Å². The Bertz CT molecular complexity index is 656. The molecule has 2 aliphatic rings. The number of methoxy groups -OCH3 is 1. The van der Waals surface area contributed by atoms with Crippen molar-refractivity contribution in [1.82, 2.24) is 10.6 Å². The highest BCUT2D eigenvalue weighted by atomic mass is 16.5. The van der Waals surface area contributed by atoms with Crippen molar-refractivity contribution in [2.75, 3.05) is 43.5 Å². The fourth-order valence-electron chi connectivity index (χ4n) is 3.51. The van der Waals surface area contributed by atoms with Gasteiger partial charge in [0.05, 0.1) is 5.69 Å². The summed E-state index contributed by atoms with van der Waals surface area (Å²) in [5.41, 5.74) is 1.88. The number of rotatable bonds is 4. The number of anilines is 2. The number of urea groups is 1. The van der Waals surface area contributed by atoms with Crippen LogP contribution >= 0.6 is 0 Å². The van der Waals surface area contributed by atoms with E-state index >= 15 is 0 Å². The fraction of sp³-hybridized carbons (Fsp3) is 0.556. The zero-order valence-corrected chi connectivity index (χ0v) is 14.9. The smallest absolute Gasteiger partial charge is 0.321 e. The molecule has 2 aliphatic heterocycles. The van der Waals surface area contributed by atoms with Crippen molar-refractivity contribution in [2.24, 2.45) is 0 Å². The zero-order valence-electron chi connectivity index (χ0n) is 14.9. The Morgan fingerprint density at radius 2 is 2.08 bits per heavy atom. The first-order valence-electron chi connectivity index (χ1n) is 8.85. The predicted molar refractivity (Wildman–Crippen MR) is 97.0 cm³/mol. The lowest BCUT2D eigenvalue weighted by Crippen LogP contribution is -2.51. The maximum atomic E-state index is 12.8. The quantitative estimate of drug-likeness (QED) is 0.771. The molecule has 0 aliphatic carbocycles. The van der Waals surface area contributed by atoms with Crippen LogP contribution in [0.4, 0.5) is 16.2 Å². The molecule has 1 aromatic carbocycles. The topological polar surface area (TPSA) is 82.7 Å². The van der Waals surface area contributed by atoms with Crippen molar-refractivity contribution in [3.05, 3.63) is 23.8 Å². The second-order valence-electron chi connectivity index (χ2n) is 6.48. The number of ether oxygens (including phenoxy) is 1. The lowest BCUT2D eigenvalue weighted by atomic mass is 9.91. The third-order valence-electron chi connectivity index (χ3n) is 5.03. The monoisotopic (exact) mass is 346 g/mol. The molecule has 3 amide bonds. The molecule has 3 N–H and O–H groups in total. The van der Waals surface area contributed by atoms with E-state index in [0.717, 1.165) is 30.8 Å². The highest BCUT2D eigenvalue weighted by Gasteiger charge is 2.39. The minimum Gasteiger partial charge on any atom is -0.368 e. The normalized spacial score (nSPS) is 18.6. The van der Waals surface area contributed by atoms with Crippen molar-refractivity contribution in [3.63, 3.8) is 0 Å². The number of nitrogens with zero attached hydrogens (tertiary/aromatic N) is 1. The fourth-order valence-corrected chi connectivity index (χ4v) is 3.51. The molecule has 25 heavy (non-hydrogen) atoms. The van der Waals surface area contributed by atoms with Gasteiger partial charge in [-0.25, -0.2) is 4.79 Å². The van der Waals surface area contributed by atoms with Gasteiger partial charge >= 0.3 is 6.03 Å². The van der Waals surface area contributed by atoms with E-state index in [1.165, 1.54) is 0 Å². The summed E-state index contributed by atoms with van der Waals surface area (Å²) in [6, 6.07) is 5.64. The molecular weight excluding hydrogens is 320 g/mol. The minimum absolute atomic E-state index is 0.101. The van der Waals surface area contributed by atoms with Crippen LogP contribution in [0.15, 0.2) is 18.2 Å². The van der Waals surface area contributed by atoms with Gasteiger partial charge in [0, 0.05) is 25.9 Å². The number of carbonyl (C=O) groups excluding carboxylic acids is 2. The molecule has 1 saturated heterocycles. The van der Waals surface area contributed by atoms with E-state index in [-0.39, 0.29) is 11.9 Å². The summed E-state index contributed by atoms with van der Waals surface area (Å²) in [5, 5.41) is 9.05. The molecule has 1 fully saturated rings. The van der Waals surface area contributed by atoms with Crippen molar-refractivity contribution < 1.29 is 14.3 Å². The molecule has 7 heteroatoms. The van der Waals surface area contributed by atoms with Gasteiger partial charge in [0.1, 0.15) is 5.60 Å². The van der Waals surface area contributed by atoms with Crippen molar-refractivity contribution in [2.45, 2.75) is 31.8 Å². The van der Waals surface area contributed by atoms with Crippen LogP contribution in [0.3, 0.4) is 0 Å². The van der Waals surface area contributed by atoms with E-state index in [9.17, 15) is 9.59 Å². The Balaban J connectivity index is 1.77. The van der Waals surface area contributed by atoms with Gasteiger partial charge in [-0.2, -0.15) is 0 Å². The van der Waals surface area contributed by atoms with E-state index in [0.29, 0.717) is 31.6 Å². The van der Waals surface area contributed by atoms with Gasteiger partial charge in [-0.15, -0.1) is 0 Å². The van der Waals surface area contributed by atoms with E-state index in [2.05, 4.69) is 16.0 Å². The number of nitrogens with one attached hydrogen (secondary N) is 3. The molecule has 0 radical (unpaired) electrons. The molecular formula is C18H26N4O3. The van der Waals surface area contributed by atoms with Gasteiger partial charge in [-0.3, -0.25) is 9.69 Å². The minimum atomic E-state index is -0.788. The first kappa shape index (κ1) is 17.7. The third-order valence-corrected chi connectivity index (χ3v) is 5.03. The predicted octanol–water partition coefficient (Wildman–Crippen LogP) is 1.49. The molecule has 0 spiro atoms. The average molecular weight is 346 g/mol. The van der Waals surface area contributed by atoms with Crippen LogP contribution in [0.2, 0.25) is 0 Å². The number of amides is 3. The van der Waals surface area contributed by atoms with Crippen molar-refractivity contribution in [3.8, 4) is 0 Å². The Morgan fingerprint density at radius 3 is 2.76 bits per heavy atom. The number of hydrogen-bond acceptors (Lipinski definition) is 4. The number of fused-ring (bicyclic) bond motifs is 1. The van der Waals surface area contributed by atoms with Crippen LogP contribution in [-0.4, -0.2) is 50.8 Å². The van der Waals surface area contributed by atoms with Gasteiger partial charge in [-0.05, 0) is 57.0 Å². The maximum Gasteiger partial charge on any atom is 0.321 e. The van der Waals surface area contributed by atoms with E-state index < -0.39 is 5.60 Å². The van der Waals surface area contributed by atoms with Crippen LogP contribution in [0.25, 0.3) is 0 Å². The highest BCUT2D eigenvalue weighted by molar-refractivity contribution is 5.99. The first-order valence-corrected chi connectivity index (χ1v) is 8.85. The Kier molecular flexibility index (Phi) is 5.24. The Labute approximate surface area is 148 Å². The van der Waals surface area contributed by atoms with E-state index in [1.54, 1.807) is 12.0 Å². The second kappa shape index (κ2) is 7.41.